The second-order valence-corrected chi connectivity index (χ2v) is 11.6. The maximum atomic E-state index is 13.9. The molecule has 0 saturated carbocycles. The van der Waals surface area contributed by atoms with Gasteiger partial charge in [-0.1, -0.05) is 6.07 Å². The van der Waals surface area contributed by atoms with Crippen LogP contribution in [0.25, 0.3) is 0 Å². The van der Waals surface area contributed by atoms with Crippen molar-refractivity contribution in [3.8, 4) is 11.5 Å². The molecule has 2 aliphatic heterocycles. The molecule has 0 aliphatic carbocycles. The third-order valence-electron chi connectivity index (χ3n) is 6.65. The zero-order valence-corrected chi connectivity index (χ0v) is 24.3. The van der Waals surface area contributed by atoms with Gasteiger partial charge in [-0.15, -0.1) is 11.3 Å². The number of ether oxygens (including phenoxy) is 3. The molecule has 1 fully saturated rings. The first-order valence-corrected chi connectivity index (χ1v) is 14.1. The van der Waals surface area contributed by atoms with Crippen LogP contribution >= 0.6 is 11.3 Å². The Kier molecular flexibility index (Phi) is 9.47. The lowest BCUT2D eigenvalue weighted by Gasteiger charge is -2.33. The lowest BCUT2D eigenvalue weighted by Crippen LogP contribution is -2.53. The van der Waals surface area contributed by atoms with Gasteiger partial charge in [0.2, 0.25) is 0 Å². The summed E-state index contributed by atoms with van der Waals surface area (Å²) < 4.78 is 16.6. The minimum Gasteiger partial charge on any atom is -0.497 e. The predicted molar refractivity (Wildman–Crippen MR) is 152 cm³/mol. The van der Waals surface area contributed by atoms with Gasteiger partial charge in [-0.2, -0.15) is 5.10 Å². The van der Waals surface area contributed by atoms with E-state index in [9.17, 15) is 9.59 Å². The van der Waals surface area contributed by atoms with Crippen LogP contribution < -0.4 is 14.8 Å². The number of urea groups is 1. The van der Waals surface area contributed by atoms with E-state index in [4.69, 9.17) is 19.3 Å². The van der Waals surface area contributed by atoms with Crippen LogP contribution in [0, 0.1) is 0 Å². The van der Waals surface area contributed by atoms with Crippen LogP contribution in [0.4, 0.5) is 4.79 Å². The molecule has 39 heavy (non-hydrogen) atoms. The number of hydrazone groups is 1. The van der Waals surface area contributed by atoms with E-state index in [1.165, 1.54) is 5.01 Å². The molecule has 1 atom stereocenters. The fraction of sp³-hybridized carbons (Fsp3) is 0.536. The largest absolute Gasteiger partial charge is 0.497 e. The molecule has 4 rings (SSSR count). The molecule has 2 aliphatic rings. The van der Waals surface area contributed by atoms with Crippen LogP contribution in [0.1, 0.15) is 43.7 Å². The highest BCUT2D eigenvalue weighted by Crippen LogP contribution is 2.39. The molecule has 0 spiro atoms. The topological polar surface area (TPSA) is 95.9 Å². The van der Waals surface area contributed by atoms with Crippen molar-refractivity contribution in [1.82, 2.24) is 20.1 Å². The molecule has 212 valence electrons. The molecule has 1 aromatic carbocycles. The Balaban J connectivity index is 1.60. The summed E-state index contributed by atoms with van der Waals surface area (Å²) in [4.78, 5) is 32.1. The van der Waals surface area contributed by atoms with Crippen LogP contribution in [0.2, 0.25) is 0 Å². The quantitative estimate of drug-likeness (QED) is 0.506. The third-order valence-corrected chi connectivity index (χ3v) is 7.57. The minimum absolute atomic E-state index is 0.101. The smallest absolute Gasteiger partial charge is 0.318 e. The molecule has 3 heterocycles. The third kappa shape index (κ3) is 7.49. The lowest BCUT2D eigenvalue weighted by molar-refractivity contribution is -0.133. The standard InChI is InChI=1S/C28H39N5O5S/c1-28(2,3)29-27(35)32(11-10-31-12-14-38-15-13-31)19-26(34)33-23(18-22(30-33)25-7-6-16-39-25)21-17-20(36-4)8-9-24(21)37-5/h6-9,16-17,23H,10-15,18-19H2,1-5H3,(H,29,35)/t23-/m1/s1. The number of morpholine rings is 1. The van der Waals surface area contributed by atoms with Crippen LogP contribution in [-0.4, -0.2) is 98.2 Å². The number of amides is 3. The maximum Gasteiger partial charge on any atom is 0.318 e. The number of rotatable bonds is 9. The van der Waals surface area contributed by atoms with E-state index < -0.39 is 11.6 Å². The number of carbonyl (C=O) groups excluding carboxylic acids is 2. The fourth-order valence-corrected chi connectivity index (χ4v) is 5.37. The van der Waals surface area contributed by atoms with Gasteiger partial charge in [0.15, 0.2) is 0 Å². The van der Waals surface area contributed by atoms with Crippen LogP contribution in [0.15, 0.2) is 40.8 Å². The summed E-state index contributed by atoms with van der Waals surface area (Å²) >= 11 is 1.58. The van der Waals surface area contributed by atoms with E-state index in [0.717, 1.165) is 29.2 Å². The second-order valence-electron chi connectivity index (χ2n) is 10.6. The van der Waals surface area contributed by atoms with Gasteiger partial charge in [0.05, 0.1) is 44.1 Å². The minimum atomic E-state index is -0.439. The summed E-state index contributed by atoms with van der Waals surface area (Å²) in [6.45, 7) is 9.71. The summed E-state index contributed by atoms with van der Waals surface area (Å²) in [5.74, 6) is 1.05. The van der Waals surface area contributed by atoms with E-state index in [0.29, 0.717) is 44.2 Å². The average molecular weight is 558 g/mol. The van der Waals surface area contributed by atoms with Crippen molar-refractivity contribution < 1.29 is 23.8 Å². The number of hydrogen-bond acceptors (Lipinski definition) is 8. The molecule has 1 saturated heterocycles. The number of hydrogen-bond donors (Lipinski definition) is 1. The molecule has 0 radical (unpaired) electrons. The summed E-state index contributed by atoms with van der Waals surface area (Å²) in [5, 5.41) is 11.3. The van der Waals surface area contributed by atoms with Gasteiger partial charge in [0.1, 0.15) is 18.0 Å². The summed E-state index contributed by atoms with van der Waals surface area (Å²) in [5.41, 5.74) is 1.19. The Bertz CT molecular complexity index is 1160. The highest BCUT2D eigenvalue weighted by Gasteiger charge is 2.37. The van der Waals surface area contributed by atoms with Crippen LogP contribution in [0.3, 0.4) is 0 Å². The molecule has 3 amide bonds. The Labute approximate surface area is 234 Å². The van der Waals surface area contributed by atoms with Crippen molar-refractivity contribution in [2.45, 2.75) is 38.8 Å². The zero-order chi connectivity index (χ0) is 28.0. The van der Waals surface area contributed by atoms with Gasteiger partial charge in [0.25, 0.3) is 5.91 Å². The average Bonchev–Trinajstić information content (AvgIpc) is 3.60. The van der Waals surface area contributed by atoms with E-state index in [1.54, 1.807) is 30.5 Å². The number of methoxy groups -OCH3 is 2. The molecule has 11 heteroatoms. The Morgan fingerprint density at radius 1 is 1.18 bits per heavy atom. The number of thiophene rings is 1. The molecular formula is C28H39N5O5S. The van der Waals surface area contributed by atoms with Crippen molar-refractivity contribution in [1.29, 1.82) is 0 Å². The first kappa shape index (κ1) is 28.8. The van der Waals surface area contributed by atoms with Crippen LogP contribution in [0.5, 0.6) is 11.5 Å². The summed E-state index contributed by atoms with van der Waals surface area (Å²) in [6, 6.07) is 8.85. The first-order valence-electron chi connectivity index (χ1n) is 13.2. The van der Waals surface area contributed by atoms with Gasteiger partial charge in [-0.05, 0) is 50.4 Å². The lowest BCUT2D eigenvalue weighted by atomic mass is 9.99. The number of nitrogens with one attached hydrogen (secondary N) is 1. The molecule has 2 aromatic rings. The Morgan fingerprint density at radius 2 is 1.95 bits per heavy atom. The second kappa shape index (κ2) is 12.8. The highest BCUT2D eigenvalue weighted by atomic mass is 32.1. The van der Waals surface area contributed by atoms with Gasteiger partial charge in [-0.25, -0.2) is 9.80 Å². The van der Waals surface area contributed by atoms with Gasteiger partial charge >= 0.3 is 6.03 Å². The van der Waals surface area contributed by atoms with Gasteiger partial charge in [0, 0.05) is 43.7 Å². The summed E-state index contributed by atoms with van der Waals surface area (Å²) in [7, 11) is 3.22. The normalized spacial score (nSPS) is 18.0. The maximum absolute atomic E-state index is 13.9. The van der Waals surface area contributed by atoms with E-state index in [-0.39, 0.29) is 18.5 Å². The SMILES string of the molecule is COc1ccc(OC)c([C@H]2CC(c3cccs3)=NN2C(=O)CN(CCN2CCOCC2)C(=O)NC(C)(C)C)c1. The fourth-order valence-electron chi connectivity index (χ4n) is 4.65. The van der Waals surface area contributed by atoms with Crippen molar-refractivity contribution in [2.75, 3.05) is 60.2 Å². The summed E-state index contributed by atoms with van der Waals surface area (Å²) in [6.07, 6.45) is 0.526. The molecule has 1 aromatic heterocycles. The number of nitrogens with zero attached hydrogens (tertiary/aromatic N) is 4. The van der Waals surface area contributed by atoms with E-state index >= 15 is 0 Å². The van der Waals surface area contributed by atoms with Crippen LogP contribution in [-0.2, 0) is 9.53 Å². The van der Waals surface area contributed by atoms with Crippen molar-refractivity contribution >= 4 is 29.0 Å². The van der Waals surface area contributed by atoms with E-state index in [2.05, 4.69) is 10.2 Å². The van der Waals surface area contributed by atoms with Gasteiger partial charge < -0.3 is 24.4 Å². The van der Waals surface area contributed by atoms with Crippen molar-refractivity contribution in [3.63, 3.8) is 0 Å². The number of carbonyl (C=O) groups is 2. The molecule has 0 unspecified atom stereocenters. The Hall–Kier alpha value is -3.15. The zero-order valence-electron chi connectivity index (χ0n) is 23.4. The predicted octanol–water partition coefficient (Wildman–Crippen LogP) is 3.59. The number of benzene rings is 1. The molecule has 0 bridgehead atoms. The highest BCUT2D eigenvalue weighted by molar-refractivity contribution is 7.12. The van der Waals surface area contributed by atoms with Gasteiger partial charge in [-0.3, -0.25) is 9.69 Å². The Morgan fingerprint density at radius 3 is 2.59 bits per heavy atom. The van der Waals surface area contributed by atoms with Crippen molar-refractivity contribution in [3.05, 3.63) is 46.2 Å². The molecule has 10 nitrogen and oxygen atoms in total. The van der Waals surface area contributed by atoms with E-state index in [1.807, 2.05) is 56.5 Å². The molecular weight excluding hydrogens is 518 g/mol. The first-order chi connectivity index (χ1) is 18.7. The molecule has 1 N–H and O–H groups in total. The van der Waals surface area contributed by atoms with Crippen molar-refractivity contribution in [2.24, 2.45) is 5.10 Å². The monoisotopic (exact) mass is 557 g/mol.